The maximum absolute atomic E-state index is 13.2. The van der Waals surface area contributed by atoms with Crippen LogP contribution in [0.5, 0.6) is 0 Å². The summed E-state index contributed by atoms with van der Waals surface area (Å²) in [6, 6.07) is 7.64. The van der Waals surface area contributed by atoms with E-state index in [1.165, 1.54) is 10.9 Å². The summed E-state index contributed by atoms with van der Waals surface area (Å²) in [5, 5.41) is 1.89. The highest BCUT2D eigenvalue weighted by Gasteiger charge is 2.22. The first-order valence-electron chi connectivity index (χ1n) is 8.13. The van der Waals surface area contributed by atoms with E-state index in [0.717, 1.165) is 44.6 Å². The number of piperidine rings is 1. The van der Waals surface area contributed by atoms with Gasteiger partial charge in [-0.3, -0.25) is 4.90 Å². The van der Waals surface area contributed by atoms with Crippen molar-refractivity contribution in [2.24, 2.45) is 5.92 Å². The summed E-state index contributed by atoms with van der Waals surface area (Å²) in [5.41, 5.74) is 0. The van der Waals surface area contributed by atoms with Gasteiger partial charge in [0.15, 0.2) is 0 Å². The van der Waals surface area contributed by atoms with Crippen LogP contribution in [0.2, 0.25) is 5.02 Å². The molecule has 2 aromatic rings. The quantitative estimate of drug-likeness (QED) is 0.800. The van der Waals surface area contributed by atoms with Crippen molar-refractivity contribution in [2.45, 2.75) is 24.3 Å². The van der Waals surface area contributed by atoms with Crippen molar-refractivity contribution >= 4 is 33.0 Å². The molecule has 1 aliphatic rings. The zero-order valence-electron chi connectivity index (χ0n) is 13.6. The zero-order chi connectivity index (χ0) is 17.9. The van der Waals surface area contributed by atoms with Crippen molar-refractivity contribution in [3.8, 4) is 0 Å². The van der Waals surface area contributed by atoms with Crippen LogP contribution in [0.3, 0.4) is 0 Å². The molecular weight excluding hydrogens is 383 g/mol. The van der Waals surface area contributed by atoms with Crippen LogP contribution in [0, 0.1) is 11.7 Å². The minimum Gasteiger partial charge on any atom is -0.298 e. The highest BCUT2D eigenvalue weighted by atomic mass is 35.5. The summed E-state index contributed by atoms with van der Waals surface area (Å²) < 4.78 is 40.4. The molecule has 0 saturated carbocycles. The lowest BCUT2D eigenvalue weighted by atomic mass is 9.97. The SMILES string of the molecule is O=S(=O)(NCC1CCN(Cc2cccs2)CC1)c1ccc(F)c(Cl)c1. The predicted molar refractivity (Wildman–Crippen MR) is 98.9 cm³/mol. The fourth-order valence-electron chi connectivity index (χ4n) is 2.93. The zero-order valence-corrected chi connectivity index (χ0v) is 16.0. The van der Waals surface area contributed by atoms with E-state index in [-0.39, 0.29) is 9.92 Å². The average Bonchev–Trinajstić information content (AvgIpc) is 3.10. The van der Waals surface area contributed by atoms with Crippen molar-refractivity contribution in [3.05, 3.63) is 51.4 Å². The Morgan fingerprint density at radius 2 is 2.04 bits per heavy atom. The van der Waals surface area contributed by atoms with Gasteiger partial charge in [0.2, 0.25) is 10.0 Å². The number of likely N-dealkylation sites (tertiary alicyclic amines) is 1. The number of halogens is 2. The van der Waals surface area contributed by atoms with Crippen LogP contribution in [0.1, 0.15) is 17.7 Å². The summed E-state index contributed by atoms with van der Waals surface area (Å²) in [4.78, 5) is 3.75. The Labute approximate surface area is 156 Å². The molecule has 4 nitrogen and oxygen atoms in total. The molecule has 2 heterocycles. The molecule has 0 spiro atoms. The molecule has 0 radical (unpaired) electrons. The lowest BCUT2D eigenvalue weighted by Gasteiger charge is -2.31. The fraction of sp³-hybridized carbons (Fsp3) is 0.412. The van der Waals surface area contributed by atoms with Crippen LogP contribution in [0.25, 0.3) is 0 Å². The molecule has 1 N–H and O–H groups in total. The van der Waals surface area contributed by atoms with Gasteiger partial charge in [-0.05, 0) is 61.5 Å². The maximum Gasteiger partial charge on any atom is 0.240 e. The molecule has 136 valence electrons. The Bertz CT molecular complexity index is 804. The van der Waals surface area contributed by atoms with Crippen molar-refractivity contribution < 1.29 is 12.8 Å². The number of nitrogens with one attached hydrogen (secondary N) is 1. The smallest absolute Gasteiger partial charge is 0.240 e. The van der Waals surface area contributed by atoms with E-state index in [0.29, 0.717) is 12.5 Å². The van der Waals surface area contributed by atoms with Gasteiger partial charge >= 0.3 is 0 Å². The second-order valence-electron chi connectivity index (χ2n) is 6.23. The van der Waals surface area contributed by atoms with Crippen molar-refractivity contribution in [3.63, 3.8) is 0 Å². The first-order chi connectivity index (χ1) is 11.9. The number of rotatable bonds is 6. The van der Waals surface area contributed by atoms with Gasteiger partial charge in [-0.15, -0.1) is 11.3 Å². The molecule has 0 amide bonds. The van der Waals surface area contributed by atoms with Gasteiger partial charge in [-0.2, -0.15) is 0 Å². The Hall–Kier alpha value is -0.990. The molecular formula is C17H20ClFN2O2S2. The summed E-state index contributed by atoms with van der Waals surface area (Å²) in [6.45, 7) is 3.29. The van der Waals surface area contributed by atoms with E-state index in [4.69, 9.17) is 11.6 Å². The molecule has 0 atom stereocenters. The second kappa shape index (κ2) is 8.14. The molecule has 1 fully saturated rings. The Kier molecular flexibility index (Phi) is 6.12. The summed E-state index contributed by atoms with van der Waals surface area (Å²) >= 11 is 7.43. The molecule has 1 saturated heterocycles. The monoisotopic (exact) mass is 402 g/mol. The van der Waals surface area contributed by atoms with E-state index in [1.54, 1.807) is 11.3 Å². The summed E-state index contributed by atoms with van der Waals surface area (Å²) in [6.07, 6.45) is 1.91. The number of benzene rings is 1. The van der Waals surface area contributed by atoms with E-state index in [1.807, 2.05) is 0 Å². The molecule has 1 aromatic heterocycles. The normalized spacial score (nSPS) is 17.0. The molecule has 3 rings (SSSR count). The molecule has 0 aliphatic carbocycles. The largest absolute Gasteiger partial charge is 0.298 e. The lowest BCUT2D eigenvalue weighted by Crippen LogP contribution is -2.38. The number of thiophene rings is 1. The number of nitrogens with zero attached hydrogens (tertiary/aromatic N) is 1. The molecule has 1 aliphatic heterocycles. The van der Waals surface area contributed by atoms with Crippen molar-refractivity contribution in [1.29, 1.82) is 0 Å². The first-order valence-corrected chi connectivity index (χ1v) is 10.9. The van der Waals surface area contributed by atoms with Gasteiger partial charge in [-0.1, -0.05) is 17.7 Å². The third-order valence-corrected chi connectivity index (χ3v) is 7.00. The van der Waals surface area contributed by atoms with Gasteiger partial charge in [0, 0.05) is 18.0 Å². The Balaban J connectivity index is 1.49. The van der Waals surface area contributed by atoms with Crippen LogP contribution in [0.4, 0.5) is 4.39 Å². The van der Waals surface area contributed by atoms with Crippen LogP contribution < -0.4 is 4.72 Å². The van der Waals surface area contributed by atoms with E-state index < -0.39 is 15.8 Å². The first kappa shape index (κ1) is 18.8. The van der Waals surface area contributed by atoms with Gasteiger partial charge in [0.25, 0.3) is 0 Å². The molecule has 1 aromatic carbocycles. The molecule has 0 bridgehead atoms. The lowest BCUT2D eigenvalue weighted by molar-refractivity contribution is 0.180. The van der Waals surface area contributed by atoms with Crippen LogP contribution in [0.15, 0.2) is 40.6 Å². The highest BCUT2D eigenvalue weighted by molar-refractivity contribution is 7.89. The Morgan fingerprint density at radius 1 is 1.28 bits per heavy atom. The fourth-order valence-corrected chi connectivity index (χ4v) is 5.06. The minimum absolute atomic E-state index is 0.00553. The predicted octanol–water partition coefficient (Wildman–Crippen LogP) is 3.73. The molecule has 25 heavy (non-hydrogen) atoms. The number of hydrogen-bond acceptors (Lipinski definition) is 4. The van der Waals surface area contributed by atoms with Crippen molar-refractivity contribution in [2.75, 3.05) is 19.6 Å². The van der Waals surface area contributed by atoms with Gasteiger partial charge < -0.3 is 0 Å². The van der Waals surface area contributed by atoms with Crippen LogP contribution in [-0.4, -0.2) is 33.0 Å². The van der Waals surface area contributed by atoms with Crippen molar-refractivity contribution in [1.82, 2.24) is 9.62 Å². The van der Waals surface area contributed by atoms with E-state index >= 15 is 0 Å². The van der Waals surface area contributed by atoms with Gasteiger partial charge in [-0.25, -0.2) is 17.5 Å². The minimum atomic E-state index is -3.67. The second-order valence-corrected chi connectivity index (χ2v) is 9.43. The summed E-state index contributed by atoms with van der Waals surface area (Å²) in [5.74, 6) is -0.316. The average molecular weight is 403 g/mol. The highest BCUT2D eigenvalue weighted by Crippen LogP contribution is 2.22. The van der Waals surface area contributed by atoms with Crippen LogP contribution >= 0.6 is 22.9 Å². The van der Waals surface area contributed by atoms with E-state index in [9.17, 15) is 12.8 Å². The third kappa shape index (κ3) is 5.01. The van der Waals surface area contributed by atoms with Gasteiger partial charge in [0.05, 0.1) is 9.92 Å². The molecule has 8 heteroatoms. The maximum atomic E-state index is 13.2. The Morgan fingerprint density at radius 3 is 2.68 bits per heavy atom. The topological polar surface area (TPSA) is 49.4 Å². The molecule has 0 unspecified atom stereocenters. The number of sulfonamides is 1. The standard InChI is InChI=1S/C17H20ClFN2O2S2/c18-16-10-15(3-4-17(16)19)25(22,23)20-11-13-5-7-21(8-6-13)12-14-2-1-9-24-14/h1-4,9-10,13,20H,5-8,11-12H2. The summed E-state index contributed by atoms with van der Waals surface area (Å²) in [7, 11) is -3.67. The van der Waals surface area contributed by atoms with Gasteiger partial charge in [0.1, 0.15) is 5.82 Å². The third-order valence-electron chi connectivity index (χ3n) is 4.43. The van der Waals surface area contributed by atoms with Crippen LogP contribution in [-0.2, 0) is 16.6 Å². The van der Waals surface area contributed by atoms with E-state index in [2.05, 4.69) is 27.1 Å². The number of hydrogen-bond donors (Lipinski definition) is 1.